The van der Waals surface area contributed by atoms with Crippen molar-refractivity contribution in [2.75, 3.05) is 0 Å². The highest BCUT2D eigenvalue weighted by Gasteiger charge is 2.08. The summed E-state index contributed by atoms with van der Waals surface area (Å²) in [4.78, 5) is 0. The Balaban J connectivity index is 2.54. The maximum absolute atomic E-state index is 11.9. The molecule has 1 aromatic rings. The number of halogens is 2. The molecule has 0 heterocycles. The summed E-state index contributed by atoms with van der Waals surface area (Å²) in [7, 11) is 0. The number of nitrogens with two attached hydrogens (primary N) is 1. The summed E-state index contributed by atoms with van der Waals surface area (Å²) in [5.74, 6) is 0.780. The van der Waals surface area contributed by atoms with Crippen molar-refractivity contribution in [3.63, 3.8) is 0 Å². The Kier molecular flexibility index (Phi) is 5.35. The van der Waals surface area contributed by atoms with Gasteiger partial charge in [0.1, 0.15) is 5.75 Å². The molecular formula is C13H19F2NO. The largest absolute Gasteiger partial charge is 0.435 e. The molecule has 17 heavy (non-hydrogen) atoms. The maximum atomic E-state index is 11.9. The van der Waals surface area contributed by atoms with Crippen LogP contribution in [-0.4, -0.2) is 6.61 Å². The van der Waals surface area contributed by atoms with Crippen LogP contribution < -0.4 is 10.5 Å². The Morgan fingerprint density at radius 1 is 1.12 bits per heavy atom. The van der Waals surface area contributed by atoms with E-state index in [2.05, 4.69) is 18.6 Å². The molecule has 2 N–H and O–H groups in total. The van der Waals surface area contributed by atoms with Crippen molar-refractivity contribution < 1.29 is 13.5 Å². The van der Waals surface area contributed by atoms with E-state index in [0.717, 1.165) is 18.4 Å². The highest BCUT2D eigenvalue weighted by molar-refractivity contribution is 5.29. The number of hydrogen-bond donors (Lipinski definition) is 1. The Labute approximate surface area is 101 Å². The summed E-state index contributed by atoms with van der Waals surface area (Å²) in [5, 5.41) is 0. The molecule has 1 aromatic carbocycles. The molecule has 0 amide bonds. The van der Waals surface area contributed by atoms with Gasteiger partial charge in [0.25, 0.3) is 0 Å². The highest BCUT2D eigenvalue weighted by Crippen LogP contribution is 2.22. The molecule has 0 fully saturated rings. The fourth-order valence-corrected chi connectivity index (χ4v) is 1.58. The van der Waals surface area contributed by atoms with Gasteiger partial charge in [0.05, 0.1) is 0 Å². The van der Waals surface area contributed by atoms with Crippen LogP contribution in [0.3, 0.4) is 0 Å². The fraction of sp³-hybridized carbons (Fsp3) is 0.538. The fourth-order valence-electron chi connectivity index (χ4n) is 1.58. The molecule has 96 valence electrons. The molecule has 1 atom stereocenters. The van der Waals surface area contributed by atoms with E-state index in [1.165, 1.54) is 12.1 Å². The van der Waals surface area contributed by atoms with Gasteiger partial charge >= 0.3 is 6.61 Å². The zero-order valence-corrected chi connectivity index (χ0v) is 10.2. The van der Waals surface area contributed by atoms with E-state index < -0.39 is 6.61 Å². The van der Waals surface area contributed by atoms with E-state index in [1.54, 1.807) is 12.1 Å². The summed E-state index contributed by atoms with van der Waals surface area (Å²) in [6, 6.07) is 6.48. The summed E-state index contributed by atoms with van der Waals surface area (Å²) in [6.07, 6.45) is 1.95. The minimum absolute atomic E-state index is 0.0435. The lowest BCUT2D eigenvalue weighted by Crippen LogP contribution is -2.11. The first-order chi connectivity index (χ1) is 7.99. The monoisotopic (exact) mass is 243 g/mol. The van der Waals surface area contributed by atoms with E-state index in [4.69, 9.17) is 5.73 Å². The van der Waals surface area contributed by atoms with Crippen molar-refractivity contribution >= 4 is 0 Å². The third kappa shape index (κ3) is 5.13. The zero-order valence-electron chi connectivity index (χ0n) is 10.2. The second-order valence-electron chi connectivity index (χ2n) is 4.53. The van der Waals surface area contributed by atoms with Crippen molar-refractivity contribution in [3.8, 4) is 5.75 Å². The van der Waals surface area contributed by atoms with E-state index in [0.29, 0.717) is 5.92 Å². The van der Waals surface area contributed by atoms with E-state index in [-0.39, 0.29) is 11.8 Å². The molecule has 0 radical (unpaired) electrons. The topological polar surface area (TPSA) is 35.2 Å². The molecule has 0 aliphatic heterocycles. The molecule has 0 aromatic heterocycles. The SMILES string of the molecule is CC(C)CCC(N)c1ccc(OC(F)F)cc1. The quantitative estimate of drug-likeness (QED) is 0.826. The molecule has 4 heteroatoms. The van der Waals surface area contributed by atoms with Crippen molar-refractivity contribution in [2.45, 2.75) is 39.3 Å². The second kappa shape index (κ2) is 6.55. The molecule has 0 spiro atoms. The van der Waals surface area contributed by atoms with E-state index >= 15 is 0 Å². The molecule has 1 rings (SSSR count). The van der Waals surface area contributed by atoms with E-state index in [1.807, 2.05) is 0 Å². The van der Waals surface area contributed by atoms with Crippen molar-refractivity contribution in [1.82, 2.24) is 0 Å². The first kappa shape index (κ1) is 13.9. The predicted molar refractivity (Wildman–Crippen MR) is 64.1 cm³/mol. The lowest BCUT2D eigenvalue weighted by molar-refractivity contribution is -0.0498. The molecule has 0 bridgehead atoms. The van der Waals surface area contributed by atoms with Gasteiger partial charge < -0.3 is 10.5 Å². The standard InChI is InChI=1S/C13H19F2NO/c1-9(2)3-8-12(16)10-4-6-11(7-5-10)17-13(14)15/h4-7,9,12-13H,3,8,16H2,1-2H3. The predicted octanol–water partition coefficient (Wildman–Crippen LogP) is 3.72. The normalized spacial score (nSPS) is 13.1. The first-order valence-electron chi connectivity index (χ1n) is 5.79. The summed E-state index contributed by atoms with van der Waals surface area (Å²) < 4.78 is 28.2. The molecular weight excluding hydrogens is 224 g/mol. The Hall–Kier alpha value is -1.16. The Morgan fingerprint density at radius 2 is 1.71 bits per heavy atom. The Bertz CT molecular complexity index is 325. The number of alkyl halides is 2. The molecule has 1 unspecified atom stereocenters. The van der Waals surface area contributed by atoms with Crippen LogP contribution in [0, 0.1) is 5.92 Å². The highest BCUT2D eigenvalue weighted by atomic mass is 19.3. The van der Waals surface area contributed by atoms with Gasteiger partial charge in [-0.15, -0.1) is 0 Å². The Morgan fingerprint density at radius 3 is 2.18 bits per heavy atom. The van der Waals surface area contributed by atoms with Gasteiger partial charge in [-0.3, -0.25) is 0 Å². The van der Waals surface area contributed by atoms with Crippen molar-refractivity contribution in [3.05, 3.63) is 29.8 Å². The molecule has 0 saturated carbocycles. The van der Waals surface area contributed by atoms with Gasteiger partial charge in [0, 0.05) is 6.04 Å². The zero-order chi connectivity index (χ0) is 12.8. The average molecular weight is 243 g/mol. The molecule has 0 aliphatic carbocycles. The van der Waals surface area contributed by atoms with Crippen LogP contribution in [-0.2, 0) is 0 Å². The van der Waals surface area contributed by atoms with Crippen LogP contribution in [0.15, 0.2) is 24.3 Å². The lowest BCUT2D eigenvalue weighted by Gasteiger charge is -2.14. The van der Waals surface area contributed by atoms with E-state index in [9.17, 15) is 8.78 Å². The summed E-state index contributed by atoms with van der Waals surface area (Å²) >= 11 is 0. The summed E-state index contributed by atoms with van der Waals surface area (Å²) in [6.45, 7) is 1.51. The van der Waals surface area contributed by atoms with Crippen molar-refractivity contribution in [1.29, 1.82) is 0 Å². The maximum Gasteiger partial charge on any atom is 0.387 e. The third-order valence-corrected chi connectivity index (χ3v) is 2.59. The van der Waals surface area contributed by atoms with Crippen molar-refractivity contribution in [2.24, 2.45) is 11.7 Å². The molecule has 2 nitrogen and oxygen atoms in total. The number of rotatable bonds is 6. The van der Waals surface area contributed by atoms with Crippen LogP contribution in [0.1, 0.15) is 38.3 Å². The van der Waals surface area contributed by atoms with Gasteiger partial charge in [0.2, 0.25) is 0 Å². The van der Waals surface area contributed by atoms with Crippen LogP contribution in [0.5, 0.6) is 5.75 Å². The molecule has 0 aliphatic rings. The number of hydrogen-bond acceptors (Lipinski definition) is 2. The van der Waals surface area contributed by atoms with Crippen LogP contribution in [0.2, 0.25) is 0 Å². The van der Waals surface area contributed by atoms with Crippen LogP contribution >= 0.6 is 0 Å². The summed E-state index contributed by atoms with van der Waals surface area (Å²) in [5.41, 5.74) is 6.96. The third-order valence-electron chi connectivity index (χ3n) is 2.59. The van der Waals surface area contributed by atoms with Gasteiger partial charge in [-0.2, -0.15) is 8.78 Å². The lowest BCUT2D eigenvalue weighted by atomic mass is 9.98. The van der Waals surface area contributed by atoms with Gasteiger partial charge in [-0.05, 0) is 36.5 Å². The first-order valence-corrected chi connectivity index (χ1v) is 5.79. The van der Waals surface area contributed by atoms with Crippen LogP contribution in [0.25, 0.3) is 0 Å². The van der Waals surface area contributed by atoms with Crippen LogP contribution in [0.4, 0.5) is 8.78 Å². The number of benzene rings is 1. The van der Waals surface area contributed by atoms with Gasteiger partial charge in [-0.25, -0.2) is 0 Å². The smallest absolute Gasteiger partial charge is 0.387 e. The average Bonchev–Trinajstić information content (AvgIpc) is 2.26. The van der Waals surface area contributed by atoms with Gasteiger partial charge in [-0.1, -0.05) is 26.0 Å². The minimum Gasteiger partial charge on any atom is -0.435 e. The minimum atomic E-state index is -2.78. The van der Waals surface area contributed by atoms with Gasteiger partial charge in [0.15, 0.2) is 0 Å². The second-order valence-corrected chi connectivity index (χ2v) is 4.53. The number of ether oxygens (including phenoxy) is 1. The molecule has 0 saturated heterocycles.